The van der Waals surface area contributed by atoms with Gasteiger partial charge in [-0.2, -0.15) is 13.2 Å². The van der Waals surface area contributed by atoms with Crippen LogP contribution in [-0.4, -0.2) is 20.9 Å². The summed E-state index contributed by atoms with van der Waals surface area (Å²) in [5.41, 5.74) is 1.28. The molecule has 0 aliphatic rings. The van der Waals surface area contributed by atoms with Gasteiger partial charge >= 0.3 is 6.18 Å². The van der Waals surface area contributed by atoms with E-state index in [2.05, 4.69) is 5.32 Å². The van der Waals surface area contributed by atoms with Crippen molar-refractivity contribution in [1.29, 1.82) is 0 Å². The van der Waals surface area contributed by atoms with E-state index in [1.54, 1.807) is 38.1 Å². The average molecular weight is 511 g/mol. The maximum absolute atomic E-state index is 13.5. The molecule has 3 rings (SSSR count). The normalized spacial score (nSPS) is 11.9. The van der Waals surface area contributed by atoms with E-state index in [1.807, 2.05) is 13.0 Å². The molecule has 0 saturated heterocycles. The Morgan fingerprint density at radius 1 is 0.941 bits per heavy atom. The zero-order valence-corrected chi connectivity index (χ0v) is 20.1. The Morgan fingerprint density at radius 2 is 1.56 bits per heavy atom. The molecular weight excluding hydrogens is 489 g/mol. The van der Waals surface area contributed by atoms with E-state index in [1.165, 1.54) is 18.2 Å². The topological polar surface area (TPSA) is 66.5 Å². The minimum Gasteiger partial charge on any atom is -0.324 e. The van der Waals surface area contributed by atoms with E-state index < -0.39 is 39.2 Å². The van der Waals surface area contributed by atoms with Crippen LogP contribution in [0, 0.1) is 20.8 Å². The third-order valence-corrected chi connectivity index (χ3v) is 7.19. The van der Waals surface area contributed by atoms with Gasteiger partial charge < -0.3 is 5.32 Å². The Morgan fingerprint density at radius 3 is 2.18 bits per heavy atom. The van der Waals surface area contributed by atoms with Gasteiger partial charge in [0.05, 0.1) is 21.2 Å². The number of anilines is 2. The molecule has 0 spiro atoms. The number of hydrogen-bond acceptors (Lipinski definition) is 3. The molecule has 0 fully saturated rings. The molecule has 3 aromatic carbocycles. The van der Waals surface area contributed by atoms with Crippen LogP contribution in [-0.2, 0) is 21.0 Å². The van der Waals surface area contributed by atoms with Crippen LogP contribution >= 0.6 is 11.6 Å². The zero-order chi connectivity index (χ0) is 25.3. The number of aryl methyl sites for hydroxylation is 3. The van der Waals surface area contributed by atoms with Crippen LogP contribution in [0.5, 0.6) is 0 Å². The van der Waals surface area contributed by atoms with E-state index in [0.717, 1.165) is 21.5 Å². The standard InChI is InChI=1S/C24H22ClF3N2O3S/c1-15-5-9-19(10-6-15)34(32,33)30(22-12-16(2)4-7-17(22)3)14-23(31)29-18-8-11-21(25)20(13-18)24(26,27)28/h4-13H,14H2,1-3H3,(H,29,31). The molecule has 0 radical (unpaired) electrons. The van der Waals surface area contributed by atoms with Crippen molar-refractivity contribution in [3.05, 3.63) is 87.9 Å². The Balaban J connectivity index is 1.99. The van der Waals surface area contributed by atoms with Crippen molar-refractivity contribution in [2.75, 3.05) is 16.2 Å². The predicted octanol–water partition coefficient (Wildman–Crippen LogP) is 6.12. The highest BCUT2D eigenvalue weighted by Gasteiger charge is 2.34. The molecule has 0 aliphatic carbocycles. The number of carbonyl (C=O) groups is 1. The number of alkyl halides is 3. The molecule has 1 N–H and O–H groups in total. The summed E-state index contributed by atoms with van der Waals surface area (Å²) in [6.07, 6.45) is -4.71. The van der Waals surface area contributed by atoms with E-state index in [-0.39, 0.29) is 10.6 Å². The molecule has 180 valence electrons. The summed E-state index contributed by atoms with van der Waals surface area (Å²) in [4.78, 5) is 12.8. The predicted molar refractivity (Wildman–Crippen MR) is 127 cm³/mol. The van der Waals surface area contributed by atoms with E-state index >= 15 is 0 Å². The summed E-state index contributed by atoms with van der Waals surface area (Å²) in [6, 6.07) is 14.3. The minimum absolute atomic E-state index is 0.0161. The number of nitrogens with one attached hydrogen (secondary N) is 1. The summed E-state index contributed by atoms with van der Waals surface area (Å²) >= 11 is 5.63. The second-order valence-electron chi connectivity index (χ2n) is 7.86. The first kappa shape index (κ1) is 25.6. The molecule has 0 heterocycles. The molecule has 34 heavy (non-hydrogen) atoms. The second kappa shape index (κ2) is 9.68. The zero-order valence-electron chi connectivity index (χ0n) is 18.6. The van der Waals surface area contributed by atoms with Crippen LogP contribution in [0.4, 0.5) is 24.5 Å². The Hall–Kier alpha value is -3.04. The third-order valence-electron chi connectivity index (χ3n) is 5.09. The van der Waals surface area contributed by atoms with Crippen molar-refractivity contribution in [2.45, 2.75) is 31.8 Å². The lowest BCUT2D eigenvalue weighted by molar-refractivity contribution is -0.137. The van der Waals surface area contributed by atoms with Gasteiger partial charge in [0.25, 0.3) is 10.0 Å². The second-order valence-corrected chi connectivity index (χ2v) is 10.1. The summed E-state index contributed by atoms with van der Waals surface area (Å²) in [7, 11) is -4.16. The lowest BCUT2D eigenvalue weighted by Gasteiger charge is -2.26. The number of nitrogens with zero attached hydrogens (tertiary/aromatic N) is 1. The summed E-state index contributed by atoms with van der Waals surface area (Å²) in [6.45, 7) is 4.66. The fourth-order valence-electron chi connectivity index (χ4n) is 3.28. The molecule has 0 aromatic heterocycles. The van der Waals surface area contributed by atoms with Crippen LogP contribution in [0.2, 0.25) is 5.02 Å². The Bertz CT molecular complexity index is 1320. The lowest BCUT2D eigenvalue weighted by atomic mass is 10.1. The van der Waals surface area contributed by atoms with Gasteiger partial charge in [0, 0.05) is 5.69 Å². The Kier molecular flexibility index (Phi) is 7.28. The van der Waals surface area contributed by atoms with Gasteiger partial charge in [0.1, 0.15) is 6.54 Å². The highest BCUT2D eigenvalue weighted by Crippen LogP contribution is 2.36. The molecule has 1 amide bonds. The molecule has 0 unspecified atom stereocenters. The van der Waals surface area contributed by atoms with Crippen molar-refractivity contribution in [3.8, 4) is 0 Å². The largest absolute Gasteiger partial charge is 0.417 e. The van der Waals surface area contributed by atoms with Gasteiger partial charge in [0.15, 0.2) is 0 Å². The van der Waals surface area contributed by atoms with Gasteiger partial charge in [-0.15, -0.1) is 0 Å². The smallest absolute Gasteiger partial charge is 0.324 e. The maximum atomic E-state index is 13.5. The molecule has 0 bridgehead atoms. The van der Waals surface area contributed by atoms with Gasteiger partial charge in [-0.1, -0.05) is 41.4 Å². The summed E-state index contributed by atoms with van der Waals surface area (Å²) < 4.78 is 67.5. The highest BCUT2D eigenvalue weighted by atomic mass is 35.5. The minimum atomic E-state index is -4.71. The van der Waals surface area contributed by atoms with Crippen LogP contribution in [0.25, 0.3) is 0 Å². The van der Waals surface area contributed by atoms with Crippen molar-refractivity contribution < 1.29 is 26.4 Å². The molecule has 0 aliphatic heterocycles. The van der Waals surface area contributed by atoms with Crippen molar-refractivity contribution >= 4 is 38.9 Å². The van der Waals surface area contributed by atoms with Gasteiger partial charge in [-0.3, -0.25) is 9.10 Å². The number of rotatable bonds is 6. The van der Waals surface area contributed by atoms with Crippen LogP contribution in [0.3, 0.4) is 0 Å². The average Bonchev–Trinajstić information content (AvgIpc) is 2.74. The van der Waals surface area contributed by atoms with Crippen LogP contribution in [0.15, 0.2) is 65.6 Å². The Labute approximate surface area is 201 Å². The molecular formula is C24H22ClF3N2O3S. The number of benzene rings is 3. The SMILES string of the molecule is Cc1ccc(S(=O)(=O)N(CC(=O)Nc2ccc(Cl)c(C(F)(F)F)c2)c2cc(C)ccc2C)cc1. The van der Waals surface area contributed by atoms with Crippen molar-refractivity contribution in [2.24, 2.45) is 0 Å². The first-order valence-electron chi connectivity index (χ1n) is 10.1. The van der Waals surface area contributed by atoms with E-state index in [9.17, 15) is 26.4 Å². The fourth-order valence-corrected chi connectivity index (χ4v) is 4.98. The lowest BCUT2D eigenvalue weighted by Crippen LogP contribution is -2.38. The molecule has 3 aromatic rings. The van der Waals surface area contributed by atoms with Crippen molar-refractivity contribution in [1.82, 2.24) is 0 Å². The number of sulfonamides is 1. The summed E-state index contributed by atoms with van der Waals surface area (Å²) in [5.74, 6) is -0.813. The first-order valence-corrected chi connectivity index (χ1v) is 11.9. The van der Waals surface area contributed by atoms with Crippen LogP contribution < -0.4 is 9.62 Å². The quantitative estimate of drug-likeness (QED) is 0.434. The number of halogens is 4. The third kappa shape index (κ3) is 5.71. The maximum Gasteiger partial charge on any atom is 0.417 e. The molecule has 0 saturated carbocycles. The fraction of sp³-hybridized carbons (Fsp3) is 0.208. The number of amides is 1. The van der Waals surface area contributed by atoms with E-state index in [0.29, 0.717) is 17.3 Å². The summed E-state index contributed by atoms with van der Waals surface area (Å²) in [5, 5.41) is 1.84. The molecule has 0 atom stereocenters. The van der Waals surface area contributed by atoms with Crippen molar-refractivity contribution in [3.63, 3.8) is 0 Å². The van der Waals surface area contributed by atoms with E-state index in [4.69, 9.17) is 11.6 Å². The first-order chi connectivity index (χ1) is 15.8. The van der Waals surface area contributed by atoms with Crippen LogP contribution in [0.1, 0.15) is 22.3 Å². The van der Waals surface area contributed by atoms with Gasteiger partial charge in [0.2, 0.25) is 5.91 Å². The number of carbonyl (C=O) groups excluding carboxylic acids is 1. The number of hydrogen-bond donors (Lipinski definition) is 1. The highest BCUT2D eigenvalue weighted by molar-refractivity contribution is 7.92. The molecule has 10 heteroatoms. The van der Waals surface area contributed by atoms with Gasteiger partial charge in [-0.05, 0) is 68.3 Å². The monoisotopic (exact) mass is 510 g/mol. The van der Waals surface area contributed by atoms with Gasteiger partial charge in [-0.25, -0.2) is 8.42 Å². The molecule has 5 nitrogen and oxygen atoms in total.